The molecule has 0 N–H and O–H groups in total. The molecule has 1 aliphatic heterocycles. The maximum absolute atomic E-state index is 12.9. The Morgan fingerprint density at radius 3 is 2.55 bits per heavy atom. The van der Waals surface area contributed by atoms with Gasteiger partial charge in [0.25, 0.3) is 0 Å². The number of halogens is 1. The molecule has 0 amide bonds. The Hall–Kier alpha value is -0.440. The predicted octanol–water partition coefficient (Wildman–Crippen LogP) is 2.28. The number of hydrogen-bond acceptors (Lipinski definition) is 4. The molecule has 1 aromatic carbocycles. The van der Waals surface area contributed by atoms with E-state index in [0.29, 0.717) is 17.4 Å². The van der Waals surface area contributed by atoms with Gasteiger partial charge in [-0.15, -0.1) is 0 Å². The molecule has 1 saturated heterocycles. The maximum atomic E-state index is 12.9. The van der Waals surface area contributed by atoms with Crippen molar-refractivity contribution in [3.8, 4) is 0 Å². The Morgan fingerprint density at radius 1 is 1.36 bits per heavy atom. The van der Waals surface area contributed by atoms with Gasteiger partial charge < -0.3 is 0 Å². The largest absolute Gasteiger partial charge is 0.243 e. The fourth-order valence-corrected chi connectivity index (χ4v) is 6.81. The van der Waals surface area contributed by atoms with Crippen LogP contribution in [0.5, 0.6) is 0 Å². The minimum absolute atomic E-state index is 0.0558. The van der Waals surface area contributed by atoms with Crippen molar-refractivity contribution in [1.82, 2.24) is 4.31 Å². The van der Waals surface area contributed by atoms with Crippen LogP contribution in [-0.2, 0) is 19.9 Å². The molecule has 0 spiro atoms. The van der Waals surface area contributed by atoms with Crippen molar-refractivity contribution < 1.29 is 16.8 Å². The van der Waals surface area contributed by atoms with Crippen LogP contribution in [0, 0.1) is 5.92 Å². The van der Waals surface area contributed by atoms with E-state index < -0.39 is 25.9 Å². The highest BCUT2D eigenvalue weighted by atomic mass is 79.9. The summed E-state index contributed by atoms with van der Waals surface area (Å²) in [5.74, 6) is 0.0815. The zero-order valence-electron chi connectivity index (χ0n) is 12.6. The van der Waals surface area contributed by atoms with Gasteiger partial charge in [0.1, 0.15) is 0 Å². The second-order valence-electron chi connectivity index (χ2n) is 5.98. The minimum Gasteiger partial charge on any atom is -0.229 e. The first-order chi connectivity index (χ1) is 10.1. The zero-order valence-corrected chi connectivity index (χ0v) is 15.8. The zero-order chi connectivity index (χ0) is 16.5. The predicted molar refractivity (Wildman–Crippen MR) is 89.9 cm³/mol. The third-order valence-corrected chi connectivity index (χ3v) is 7.72. The molecule has 0 radical (unpaired) electrons. The van der Waals surface area contributed by atoms with E-state index in [1.807, 2.05) is 13.8 Å². The van der Waals surface area contributed by atoms with E-state index in [1.165, 1.54) is 10.4 Å². The summed E-state index contributed by atoms with van der Waals surface area (Å²) in [5.41, 5.74) is 0. The molecule has 8 heteroatoms. The molecule has 0 aromatic heterocycles. The summed E-state index contributed by atoms with van der Waals surface area (Å²) in [6.07, 6.45) is 0.363. The Bertz CT molecular complexity index is 744. The summed E-state index contributed by atoms with van der Waals surface area (Å²) < 4.78 is 51.3. The molecule has 0 saturated carbocycles. The topological polar surface area (TPSA) is 71.5 Å². The van der Waals surface area contributed by atoms with Crippen molar-refractivity contribution in [2.45, 2.75) is 31.2 Å². The minimum atomic E-state index is -3.71. The maximum Gasteiger partial charge on any atom is 0.243 e. The molecule has 5 nitrogen and oxygen atoms in total. The lowest BCUT2D eigenvalue weighted by atomic mass is 10.2. The Balaban J connectivity index is 2.40. The van der Waals surface area contributed by atoms with Crippen molar-refractivity contribution in [3.05, 3.63) is 28.7 Å². The number of hydrogen-bond donors (Lipinski definition) is 0. The van der Waals surface area contributed by atoms with Crippen molar-refractivity contribution in [1.29, 1.82) is 0 Å². The lowest BCUT2D eigenvalue weighted by molar-refractivity contribution is 0.308. The summed E-state index contributed by atoms with van der Waals surface area (Å²) in [5, 5.41) is 0. The molecular weight excluding hydrogens is 390 g/mol. The molecule has 124 valence electrons. The Kier molecular flexibility index (Phi) is 5.36. The molecule has 22 heavy (non-hydrogen) atoms. The third-order valence-electron chi connectivity index (χ3n) is 3.56. The van der Waals surface area contributed by atoms with E-state index in [1.54, 1.807) is 18.2 Å². The number of sulfone groups is 1. The molecule has 0 unspecified atom stereocenters. The number of benzene rings is 1. The van der Waals surface area contributed by atoms with E-state index in [0.717, 1.165) is 0 Å². The van der Waals surface area contributed by atoms with Gasteiger partial charge in [0.2, 0.25) is 10.0 Å². The normalized spacial score (nSPS) is 21.6. The van der Waals surface area contributed by atoms with E-state index in [4.69, 9.17) is 0 Å². The SMILES string of the molecule is CC(C)CN([C@H]1CCS(=O)(=O)C1)S(=O)(=O)c1cccc(Br)c1. The van der Waals surface area contributed by atoms with Crippen LogP contribution >= 0.6 is 15.9 Å². The number of sulfonamides is 1. The van der Waals surface area contributed by atoms with Gasteiger partial charge in [-0.05, 0) is 30.5 Å². The lowest BCUT2D eigenvalue weighted by Crippen LogP contribution is -2.43. The van der Waals surface area contributed by atoms with Crippen LogP contribution < -0.4 is 0 Å². The highest BCUT2D eigenvalue weighted by Crippen LogP contribution is 2.27. The Labute approximate surface area is 140 Å². The van der Waals surface area contributed by atoms with Crippen molar-refractivity contribution in [2.24, 2.45) is 5.92 Å². The van der Waals surface area contributed by atoms with Crippen LogP contribution in [0.4, 0.5) is 0 Å². The molecule has 1 fully saturated rings. The van der Waals surface area contributed by atoms with Gasteiger partial charge in [-0.1, -0.05) is 35.8 Å². The summed E-state index contributed by atoms with van der Waals surface area (Å²) >= 11 is 3.28. The summed E-state index contributed by atoms with van der Waals surface area (Å²) in [7, 11) is -6.86. The van der Waals surface area contributed by atoms with Gasteiger partial charge in [-0.3, -0.25) is 0 Å². The standard InChI is InChI=1S/C14H20BrNO4S2/c1-11(2)9-16(13-6-7-21(17,18)10-13)22(19,20)14-5-3-4-12(15)8-14/h3-5,8,11,13H,6-7,9-10H2,1-2H3/t13-/m0/s1. The molecular formula is C14H20BrNO4S2. The van der Waals surface area contributed by atoms with Gasteiger partial charge in [0.05, 0.1) is 16.4 Å². The monoisotopic (exact) mass is 409 g/mol. The second-order valence-corrected chi connectivity index (χ2v) is 11.0. The van der Waals surface area contributed by atoms with Crippen LogP contribution in [0.25, 0.3) is 0 Å². The van der Waals surface area contributed by atoms with E-state index in [-0.39, 0.29) is 22.3 Å². The van der Waals surface area contributed by atoms with Crippen LogP contribution in [0.1, 0.15) is 20.3 Å². The fourth-order valence-electron chi connectivity index (χ4n) is 2.57. The van der Waals surface area contributed by atoms with E-state index in [9.17, 15) is 16.8 Å². The van der Waals surface area contributed by atoms with Gasteiger partial charge in [-0.2, -0.15) is 4.31 Å². The van der Waals surface area contributed by atoms with Crippen LogP contribution in [0.15, 0.2) is 33.6 Å². The molecule has 1 heterocycles. The van der Waals surface area contributed by atoms with Gasteiger partial charge >= 0.3 is 0 Å². The van der Waals surface area contributed by atoms with Crippen molar-refractivity contribution >= 4 is 35.8 Å². The average Bonchev–Trinajstić information content (AvgIpc) is 2.75. The smallest absolute Gasteiger partial charge is 0.229 e. The van der Waals surface area contributed by atoms with Crippen LogP contribution in [0.3, 0.4) is 0 Å². The first-order valence-corrected chi connectivity index (χ1v) is 11.1. The average molecular weight is 410 g/mol. The number of nitrogens with zero attached hydrogens (tertiary/aromatic N) is 1. The van der Waals surface area contributed by atoms with Gasteiger partial charge in [0, 0.05) is 17.1 Å². The van der Waals surface area contributed by atoms with E-state index in [2.05, 4.69) is 15.9 Å². The quantitative estimate of drug-likeness (QED) is 0.747. The van der Waals surface area contributed by atoms with Gasteiger partial charge in [-0.25, -0.2) is 16.8 Å². The summed E-state index contributed by atoms with van der Waals surface area (Å²) in [6.45, 7) is 4.16. The molecule has 0 aliphatic carbocycles. The van der Waals surface area contributed by atoms with Crippen molar-refractivity contribution in [3.63, 3.8) is 0 Å². The number of rotatable bonds is 5. The molecule has 1 aromatic rings. The fraction of sp³-hybridized carbons (Fsp3) is 0.571. The highest BCUT2D eigenvalue weighted by Gasteiger charge is 2.38. The van der Waals surface area contributed by atoms with Crippen LogP contribution in [-0.4, -0.2) is 45.2 Å². The third kappa shape index (κ3) is 4.10. The first kappa shape index (κ1) is 17.9. The van der Waals surface area contributed by atoms with Crippen molar-refractivity contribution in [2.75, 3.05) is 18.1 Å². The molecule has 2 rings (SSSR count). The lowest BCUT2D eigenvalue weighted by Gasteiger charge is -2.29. The Morgan fingerprint density at radius 2 is 2.05 bits per heavy atom. The van der Waals surface area contributed by atoms with Gasteiger partial charge in [0.15, 0.2) is 9.84 Å². The summed E-state index contributed by atoms with van der Waals surface area (Å²) in [4.78, 5) is 0.187. The first-order valence-electron chi connectivity index (χ1n) is 7.09. The molecule has 1 aliphatic rings. The van der Waals surface area contributed by atoms with E-state index >= 15 is 0 Å². The highest BCUT2D eigenvalue weighted by molar-refractivity contribution is 9.10. The van der Waals surface area contributed by atoms with Crippen LogP contribution in [0.2, 0.25) is 0 Å². The molecule has 1 atom stereocenters. The second kappa shape index (κ2) is 6.59. The summed E-state index contributed by atoms with van der Waals surface area (Å²) in [6, 6.07) is 6.03. The molecule has 0 bridgehead atoms.